The quantitative estimate of drug-likeness (QED) is 0.255. The molecule has 2 aromatic heterocycles. The zero-order valence-electron chi connectivity index (χ0n) is 19.5. The third-order valence-electron chi connectivity index (χ3n) is 6.38. The lowest BCUT2D eigenvalue weighted by Crippen LogP contribution is -2.13. The van der Waals surface area contributed by atoms with Crippen LogP contribution in [0.3, 0.4) is 0 Å². The third-order valence-corrected chi connectivity index (χ3v) is 6.71. The molecule has 0 aliphatic heterocycles. The van der Waals surface area contributed by atoms with Crippen molar-refractivity contribution in [3.8, 4) is 11.5 Å². The van der Waals surface area contributed by atoms with Crippen LogP contribution < -0.4 is 5.32 Å². The molecule has 0 spiro atoms. The molecule has 0 saturated heterocycles. The Labute approximate surface area is 212 Å². The van der Waals surface area contributed by atoms with Gasteiger partial charge < -0.3 is 14.3 Å². The second-order valence-electron chi connectivity index (χ2n) is 8.55. The van der Waals surface area contributed by atoms with Crippen molar-refractivity contribution in [2.24, 2.45) is 0 Å². The highest BCUT2D eigenvalue weighted by atomic mass is 35.5. The minimum Gasteiger partial charge on any atom is -0.418 e. The number of rotatable bonds is 6. The first-order chi connectivity index (χ1) is 17.6. The molecule has 1 atom stereocenters. The Kier molecular flexibility index (Phi) is 5.66. The van der Waals surface area contributed by atoms with Gasteiger partial charge in [-0.2, -0.15) is 0 Å². The van der Waals surface area contributed by atoms with E-state index in [9.17, 15) is 4.39 Å². The highest BCUT2D eigenvalue weighted by Crippen LogP contribution is 2.35. The number of aromatic nitrogens is 3. The van der Waals surface area contributed by atoms with E-state index < -0.39 is 11.9 Å². The first-order valence-electron chi connectivity index (χ1n) is 11.7. The van der Waals surface area contributed by atoms with E-state index in [4.69, 9.17) is 16.0 Å². The fourth-order valence-corrected chi connectivity index (χ4v) is 4.98. The Hall–Kier alpha value is -4.16. The summed E-state index contributed by atoms with van der Waals surface area (Å²) in [5.41, 5.74) is 4.65. The average molecular weight is 497 g/mol. The standard InChI is InChI=1S/C29H22ClFN4O/c1-2-35-25-11-7-6-10-21(25)23-17-20(13-15-26(23)35)32-27(22-14-12-19(31)16-24(22)30)29-34-33-28(36-29)18-8-4-3-5-9-18/h3-17,27,32H,2H2,1H3. The molecular weight excluding hydrogens is 475 g/mol. The lowest BCUT2D eigenvalue weighted by molar-refractivity contribution is 0.494. The maximum absolute atomic E-state index is 13.9. The van der Waals surface area contributed by atoms with Crippen LogP contribution in [0.4, 0.5) is 10.1 Å². The molecule has 0 radical (unpaired) electrons. The fraction of sp³-hybridized carbons (Fsp3) is 0.103. The predicted molar refractivity (Wildman–Crippen MR) is 142 cm³/mol. The van der Waals surface area contributed by atoms with Gasteiger partial charge in [0.05, 0.1) is 0 Å². The van der Waals surface area contributed by atoms with Crippen molar-refractivity contribution in [3.05, 3.63) is 113 Å². The van der Waals surface area contributed by atoms with E-state index in [1.165, 1.54) is 23.0 Å². The van der Waals surface area contributed by atoms with E-state index in [2.05, 4.69) is 57.3 Å². The smallest absolute Gasteiger partial charge is 0.247 e. The molecule has 5 nitrogen and oxygen atoms in total. The van der Waals surface area contributed by atoms with Crippen LogP contribution in [0.5, 0.6) is 0 Å². The fourth-order valence-electron chi connectivity index (χ4n) is 4.71. The van der Waals surface area contributed by atoms with Gasteiger partial charge in [0.15, 0.2) is 0 Å². The summed E-state index contributed by atoms with van der Waals surface area (Å²) in [7, 11) is 0. The number of anilines is 1. The lowest BCUT2D eigenvalue weighted by Gasteiger charge is -2.18. The maximum Gasteiger partial charge on any atom is 0.247 e. The van der Waals surface area contributed by atoms with Crippen LogP contribution in [0, 0.1) is 5.82 Å². The summed E-state index contributed by atoms with van der Waals surface area (Å²) in [6, 6.07) is 27.9. The molecule has 2 heterocycles. The van der Waals surface area contributed by atoms with E-state index in [1.54, 1.807) is 6.07 Å². The molecule has 4 aromatic carbocycles. The van der Waals surface area contributed by atoms with Crippen molar-refractivity contribution in [1.29, 1.82) is 0 Å². The average Bonchev–Trinajstić information content (AvgIpc) is 3.51. The van der Waals surface area contributed by atoms with E-state index >= 15 is 0 Å². The van der Waals surface area contributed by atoms with Crippen molar-refractivity contribution < 1.29 is 8.81 Å². The van der Waals surface area contributed by atoms with E-state index in [0.717, 1.165) is 28.7 Å². The molecule has 6 rings (SSSR count). The highest BCUT2D eigenvalue weighted by Gasteiger charge is 2.24. The first kappa shape index (κ1) is 22.3. The summed E-state index contributed by atoms with van der Waals surface area (Å²) in [4.78, 5) is 0. The van der Waals surface area contributed by atoms with Gasteiger partial charge in [0.25, 0.3) is 0 Å². The van der Waals surface area contributed by atoms with Gasteiger partial charge in [0.1, 0.15) is 11.9 Å². The van der Waals surface area contributed by atoms with Crippen LogP contribution in [-0.4, -0.2) is 14.8 Å². The van der Waals surface area contributed by atoms with Gasteiger partial charge in [-0.3, -0.25) is 0 Å². The zero-order valence-corrected chi connectivity index (χ0v) is 20.2. The molecule has 0 fully saturated rings. The molecule has 178 valence electrons. The van der Waals surface area contributed by atoms with Crippen LogP contribution in [0.1, 0.15) is 24.4 Å². The number of nitrogens with one attached hydrogen (secondary N) is 1. The highest BCUT2D eigenvalue weighted by molar-refractivity contribution is 6.31. The number of hydrogen-bond donors (Lipinski definition) is 1. The van der Waals surface area contributed by atoms with Crippen molar-refractivity contribution in [2.75, 3.05) is 5.32 Å². The molecule has 0 amide bonds. The second-order valence-corrected chi connectivity index (χ2v) is 8.96. The first-order valence-corrected chi connectivity index (χ1v) is 12.1. The van der Waals surface area contributed by atoms with Crippen molar-refractivity contribution in [3.63, 3.8) is 0 Å². The van der Waals surface area contributed by atoms with Crippen LogP contribution >= 0.6 is 11.6 Å². The number of nitrogens with zero attached hydrogens (tertiary/aromatic N) is 3. The normalized spacial score (nSPS) is 12.3. The topological polar surface area (TPSA) is 55.9 Å². The molecule has 0 saturated carbocycles. The number of fused-ring (bicyclic) bond motifs is 3. The van der Waals surface area contributed by atoms with E-state index in [0.29, 0.717) is 17.3 Å². The maximum atomic E-state index is 13.9. The van der Waals surface area contributed by atoms with Crippen LogP contribution in [0.2, 0.25) is 5.02 Å². The summed E-state index contributed by atoms with van der Waals surface area (Å²) >= 11 is 6.49. The summed E-state index contributed by atoms with van der Waals surface area (Å²) in [6.45, 7) is 3.01. The molecule has 0 aliphatic carbocycles. The zero-order chi connectivity index (χ0) is 24.6. The van der Waals surface area contributed by atoms with Gasteiger partial charge in [-0.1, -0.05) is 54.1 Å². The number of hydrogen-bond acceptors (Lipinski definition) is 4. The van der Waals surface area contributed by atoms with Gasteiger partial charge in [0, 0.05) is 50.2 Å². The summed E-state index contributed by atoms with van der Waals surface area (Å²) in [6.07, 6.45) is 0. The van der Waals surface area contributed by atoms with Crippen molar-refractivity contribution in [2.45, 2.75) is 19.5 Å². The minimum atomic E-state index is -0.583. The van der Waals surface area contributed by atoms with Crippen LogP contribution in [-0.2, 0) is 6.54 Å². The van der Waals surface area contributed by atoms with Gasteiger partial charge >= 0.3 is 0 Å². The Morgan fingerprint density at radius 2 is 1.67 bits per heavy atom. The number of aryl methyl sites for hydroxylation is 1. The summed E-state index contributed by atoms with van der Waals surface area (Å²) in [5.74, 6) is 0.322. The molecule has 7 heteroatoms. The lowest BCUT2D eigenvalue weighted by atomic mass is 10.1. The molecule has 6 aromatic rings. The molecule has 0 bridgehead atoms. The second kappa shape index (κ2) is 9.13. The molecule has 1 N–H and O–H groups in total. The van der Waals surface area contributed by atoms with E-state index in [1.807, 2.05) is 42.5 Å². The Morgan fingerprint density at radius 1 is 0.889 bits per heavy atom. The largest absolute Gasteiger partial charge is 0.418 e. The van der Waals surface area contributed by atoms with Crippen molar-refractivity contribution in [1.82, 2.24) is 14.8 Å². The van der Waals surface area contributed by atoms with Gasteiger partial charge in [-0.25, -0.2) is 4.39 Å². The Balaban J connectivity index is 1.45. The Bertz CT molecular complexity index is 1690. The number of para-hydroxylation sites is 1. The van der Waals surface area contributed by atoms with Gasteiger partial charge in [-0.05, 0) is 55.5 Å². The number of benzene rings is 4. The summed E-state index contributed by atoms with van der Waals surface area (Å²) < 4.78 is 22.2. The SMILES string of the molecule is CCn1c2ccccc2c2cc(NC(c3nnc(-c4ccccc4)o3)c3ccc(F)cc3Cl)ccc21. The van der Waals surface area contributed by atoms with Crippen LogP contribution in [0.25, 0.3) is 33.3 Å². The van der Waals surface area contributed by atoms with Crippen LogP contribution in [0.15, 0.2) is 95.4 Å². The third kappa shape index (κ3) is 3.89. The molecular formula is C29H22ClFN4O. The number of halogens is 2. The minimum absolute atomic E-state index is 0.274. The molecule has 0 aliphatic rings. The molecule has 1 unspecified atom stereocenters. The summed E-state index contributed by atoms with van der Waals surface area (Å²) in [5, 5.41) is 14.7. The van der Waals surface area contributed by atoms with E-state index in [-0.39, 0.29) is 5.02 Å². The monoisotopic (exact) mass is 496 g/mol. The van der Waals surface area contributed by atoms with Gasteiger partial charge in [0.2, 0.25) is 11.8 Å². The predicted octanol–water partition coefficient (Wildman–Crippen LogP) is 7.86. The van der Waals surface area contributed by atoms with Gasteiger partial charge in [-0.15, -0.1) is 10.2 Å². The Morgan fingerprint density at radius 3 is 2.47 bits per heavy atom. The van der Waals surface area contributed by atoms with Crippen molar-refractivity contribution >= 4 is 39.1 Å². The molecule has 36 heavy (non-hydrogen) atoms.